The van der Waals surface area contributed by atoms with E-state index in [0.717, 1.165) is 102 Å². The molecule has 17 nitrogen and oxygen atoms in total. The molecule has 0 heterocycles. The van der Waals surface area contributed by atoms with Crippen LogP contribution in [0.3, 0.4) is 0 Å². The minimum Gasteiger partial charge on any atom is -0.462 e. The van der Waals surface area contributed by atoms with E-state index in [0.29, 0.717) is 25.7 Å². The second-order valence-corrected chi connectivity index (χ2v) is 34.8. The number of carbonyl (C=O) groups is 4. The highest BCUT2D eigenvalue weighted by Gasteiger charge is 2.30. The lowest BCUT2D eigenvalue weighted by molar-refractivity contribution is -0.161. The quantitative estimate of drug-likeness (QED) is 0.0222. The molecule has 0 aliphatic carbocycles. The lowest BCUT2D eigenvalue weighted by Crippen LogP contribution is -2.30. The van der Waals surface area contributed by atoms with E-state index in [2.05, 4.69) is 41.5 Å². The minimum atomic E-state index is -4.97. The number of carbonyl (C=O) groups excluding carboxylic acids is 4. The summed E-state index contributed by atoms with van der Waals surface area (Å²) in [5.41, 5.74) is 0. The summed E-state index contributed by atoms with van der Waals surface area (Å²) in [6, 6.07) is 0. The predicted molar refractivity (Wildman–Crippen MR) is 432 cm³/mol. The van der Waals surface area contributed by atoms with Gasteiger partial charge in [0.15, 0.2) is 12.2 Å². The highest BCUT2D eigenvalue weighted by atomic mass is 31.2. The Morgan fingerprint density at radius 1 is 0.257 bits per heavy atom. The standard InChI is InChI=1S/C86H168O17P2/c1-7-9-11-13-15-17-19-21-23-25-26-27-28-29-31-37-41-45-53-59-65-71-85(90)102-81(74-96-83(88)68-62-56-50-43-39-35-33-32-34-38-42-48-54-60-66-78(3)4)76-100-104(92,93)98-72-80(87)73-99-105(94,95)101-77-82(75-97-84(89)69-63-57-51-47-46-49-55-61-67-79(5)6)103-86(91)70-64-58-52-44-40-36-30-24-22-20-18-16-14-12-10-8-2/h78-82,87H,7-77H2,1-6H3,(H,92,93)(H,94,95)/t80-,81-,82-/m1/s1. The van der Waals surface area contributed by atoms with Crippen LogP contribution in [0, 0.1) is 11.8 Å². The van der Waals surface area contributed by atoms with Crippen molar-refractivity contribution in [2.75, 3.05) is 39.6 Å². The first-order valence-electron chi connectivity index (χ1n) is 44.5. The highest BCUT2D eigenvalue weighted by Crippen LogP contribution is 2.45. The zero-order chi connectivity index (χ0) is 77.1. The summed E-state index contributed by atoms with van der Waals surface area (Å²) in [5, 5.41) is 10.7. The minimum absolute atomic E-state index is 0.108. The van der Waals surface area contributed by atoms with Crippen LogP contribution in [0.2, 0.25) is 0 Å². The summed E-state index contributed by atoms with van der Waals surface area (Å²) >= 11 is 0. The van der Waals surface area contributed by atoms with Gasteiger partial charge in [0.05, 0.1) is 26.4 Å². The van der Waals surface area contributed by atoms with Gasteiger partial charge in [-0.3, -0.25) is 37.3 Å². The van der Waals surface area contributed by atoms with Crippen molar-refractivity contribution in [3.8, 4) is 0 Å². The number of esters is 4. The normalized spacial score (nSPS) is 13.8. The molecule has 0 aliphatic heterocycles. The van der Waals surface area contributed by atoms with Gasteiger partial charge in [0.1, 0.15) is 19.3 Å². The Balaban J connectivity index is 5.24. The lowest BCUT2D eigenvalue weighted by atomic mass is 10.0. The van der Waals surface area contributed by atoms with Gasteiger partial charge in [-0.2, -0.15) is 0 Å². The average molecular weight is 1540 g/mol. The maximum absolute atomic E-state index is 13.1. The Labute approximate surface area is 645 Å². The Morgan fingerprint density at radius 3 is 0.648 bits per heavy atom. The summed E-state index contributed by atoms with van der Waals surface area (Å²) in [5.74, 6) is -0.577. The smallest absolute Gasteiger partial charge is 0.462 e. The number of hydrogen-bond acceptors (Lipinski definition) is 15. The number of unbranched alkanes of at least 4 members (excludes halogenated alkanes) is 55. The molecule has 5 atom stereocenters. The van der Waals surface area contributed by atoms with E-state index in [4.69, 9.17) is 37.0 Å². The van der Waals surface area contributed by atoms with E-state index < -0.39 is 97.5 Å². The second-order valence-electron chi connectivity index (χ2n) is 31.9. The number of rotatable bonds is 85. The Bertz CT molecular complexity index is 2010. The van der Waals surface area contributed by atoms with Gasteiger partial charge in [0, 0.05) is 25.7 Å². The van der Waals surface area contributed by atoms with Gasteiger partial charge in [0.2, 0.25) is 0 Å². The monoisotopic (exact) mass is 1540 g/mol. The molecule has 0 aromatic carbocycles. The van der Waals surface area contributed by atoms with Gasteiger partial charge in [-0.25, -0.2) is 9.13 Å². The van der Waals surface area contributed by atoms with E-state index in [1.54, 1.807) is 0 Å². The number of phosphoric acid groups is 2. The van der Waals surface area contributed by atoms with Crippen LogP contribution in [0.25, 0.3) is 0 Å². The molecule has 0 amide bonds. The van der Waals surface area contributed by atoms with Crippen LogP contribution in [-0.2, 0) is 65.4 Å². The number of aliphatic hydroxyl groups excluding tert-OH is 1. The van der Waals surface area contributed by atoms with Crippen molar-refractivity contribution >= 4 is 39.5 Å². The molecule has 0 rings (SSSR count). The van der Waals surface area contributed by atoms with Gasteiger partial charge in [-0.1, -0.05) is 408 Å². The molecule has 0 saturated carbocycles. The van der Waals surface area contributed by atoms with Crippen molar-refractivity contribution in [1.82, 2.24) is 0 Å². The molecular formula is C86H168O17P2. The van der Waals surface area contributed by atoms with E-state index in [-0.39, 0.29) is 25.7 Å². The SMILES string of the molecule is CCCCCCCCCCCCCCCCCCCCCCCC(=O)O[C@H](COC(=O)CCCCCCCCCCCCCCCCC(C)C)COP(=O)(O)OC[C@@H](O)COP(=O)(O)OC[C@@H](COC(=O)CCCCCCCCCCC(C)C)OC(=O)CCCCCCCCCCCCCCCCCC. The molecule has 0 fully saturated rings. The van der Waals surface area contributed by atoms with E-state index in [9.17, 15) is 43.2 Å². The fraction of sp³-hybridized carbons (Fsp3) is 0.953. The first kappa shape index (κ1) is 103. The highest BCUT2D eigenvalue weighted by molar-refractivity contribution is 7.47. The third-order valence-electron chi connectivity index (χ3n) is 20.2. The second kappa shape index (κ2) is 77.4. The summed E-state index contributed by atoms with van der Waals surface area (Å²) in [4.78, 5) is 73.2. The maximum atomic E-state index is 13.1. The zero-order valence-electron chi connectivity index (χ0n) is 69.0. The van der Waals surface area contributed by atoms with Crippen LogP contribution in [0.15, 0.2) is 0 Å². The number of aliphatic hydroxyl groups is 1. The fourth-order valence-electron chi connectivity index (χ4n) is 13.4. The van der Waals surface area contributed by atoms with Crippen LogP contribution in [0.4, 0.5) is 0 Å². The summed E-state index contributed by atoms with van der Waals surface area (Å²) in [7, 11) is -9.93. The van der Waals surface area contributed by atoms with E-state index >= 15 is 0 Å². The van der Waals surface area contributed by atoms with Crippen molar-refractivity contribution in [2.45, 2.75) is 477 Å². The first-order valence-corrected chi connectivity index (χ1v) is 47.5. The van der Waals surface area contributed by atoms with Crippen LogP contribution in [-0.4, -0.2) is 96.7 Å². The van der Waals surface area contributed by atoms with Gasteiger partial charge in [-0.05, 0) is 37.5 Å². The van der Waals surface area contributed by atoms with Gasteiger partial charge in [-0.15, -0.1) is 0 Å². The van der Waals surface area contributed by atoms with Gasteiger partial charge >= 0.3 is 39.5 Å². The Kier molecular flexibility index (Phi) is 76.0. The molecule has 624 valence electrons. The number of hydrogen-bond donors (Lipinski definition) is 3. The van der Waals surface area contributed by atoms with Crippen LogP contribution < -0.4 is 0 Å². The van der Waals surface area contributed by atoms with Crippen molar-refractivity contribution in [1.29, 1.82) is 0 Å². The molecule has 2 unspecified atom stereocenters. The predicted octanol–water partition coefficient (Wildman–Crippen LogP) is 26.2. The summed E-state index contributed by atoms with van der Waals surface area (Å²) in [6.07, 6.45) is 69.5. The molecule has 0 saturated heterocycles. The van der Waals surface area contributed by atoms with Crippen molar-refractivity contribution in [3.05, 3.63) is 0 Å². The summed E-state index contributed by atoms with van der Waals surface area (Å²) in [6.45, 7) is 9.66. The van der Waals surface area contributed by atoms with Crippen molar-refractivity contribution in [3.63, 3.8) is 0 Å². The van der Waals surface area contributed by atoms with E-state index in [1.807, 2.05) is 0 Å². The number of phosphoric ester groups is 2. The topological polar surface area (TPSA) is 237 Å². The van der Waals surface area contributed by atoms with Crippen molar-refractivity contribution < 1.29 is 80.2 Å². The summed E-state index contributed by atoms with van der Waals surface area (Å²) < 4.78 is 68.9. The molecule has 3 N–H and O–H groups in total. The largest absolute Gasteiger partial charge is 0.472 e. The number of ether oxygens (including phenoxy) is 4. The first-order chi connectivity index (χ1) is 50.9. The molecule has 105 heavy (non-hydrogen) atoms. The van der Waals surface area contributed by atoms with Crippen LogP contribution in [0.5, 0.6) is 0 Å². The zero-order valence-corrected chi connectivity index (χ0v) is 70.8. The molecule has 19 heteroatoms. The fourth-order valence-corrected chi connectivity index (χ4v) is 15.0. The van der Waals surface area contributed by atoms with Crippen molar-refractivity contribution in [2.24, 2.45) is 11.8 Å². The lowest BCUT2D eigenvalue weighted by Gasteiger charge is -2.21. The molecule has 0 radical (unpaired) electrons. The molecule has 0 aromatic rings. The third-order valence-corrected chi connectivity index (χ3v) is 22.1. The Hall–Kier alpha value is -1.94. The molecule has 0 bridgehead atoms. The third kappa shape index (κ3) is 79.9. The van der Waals surface area contributed by atoms with Crippen LogP contribution in [0.1, 0.15) is 459 Å². The molecule has 0 aliphatic rings. The van der Waals surface area contributed by atoms with Gasteiger partial charge < -0.3 is 33.8 Å². The van der Waals surface area contributed by atoms with Gasteiger partial charge in [0.25, 0.3) is 0 Å². The average Bonchev–Trinajstić information content (AvgIpc) is 0.906. The van der Waals surface area contributed by atoms with E-state index in [1.165, 1.54) is 276 Å². The maximum Gasteiger partial charge on any atom is 0.472 e. The Morgan fingerprint density at radius 2 is 0.438 bits per heavy atom. The molecule has 0 aromatic heterocycles. The van der Waals surface area contributed by atoms with Crippen LogP contribution >= 0.6 is 15.6 Å². The molecule has 0 spiro atoms. The molecular weight excluding hydrogens is 1370 g/mol.